The number of hydrogen-bond acceptors (Lipinski definition) is 10. The molecule has 0 spiro atoms. The van der Waals surface area contributed by atoms with E-state index in [9.17, 15) is 19.5 Å². The van der Waals surface area contributed by atoms with Crippen molar-refractivity contribution in [3.8, 4) is 0 Å². The number of nitrogens with one attached hydrogen (secondary N) is 3. The summed E-state index contributed by atoms with van der Waals surface area (Å²) in [5.41, 5.74) is 4.05. The molecule has 13 heteroatoms. The fraction of sp³-hybridized carbons (Fsp3) is 0.595. The number of carbonyl (C=O) groups excluding carboxylic acids is 3. The van der Waals surface area contributed by atoms with Gasteiger partial charge in [-0.15, -0.1) is 0 Å². The summed E-state index contributed by atoms with van der Waals surface area (Å²) in [5.74, 6) is -0.0808. The average Bonchev–Trinajstić information content (AvgIpc) is 3.70. The molecule has 4 aliphatic rings. The maximum atomic E-state index is 13.9. The van der Waals surface area contributed by atoms with E-state index in [0.29, 0.717) is 38.6 Å². The molecule has 6 unspecified atom stereocenters. The summed E-state index contributed by atoms with van der Waals surface area (Å²) >= 11 is 0. The molecule has 13 nitrogen and oxygen atoms in total. The molecule has 3 saturated heterocycles. The Morgan fingerprint density at radius 2 is 1.62 bits per heavy atom. The van der Waals surface area contributed by atoms with Crippen molar-refractivity contribution in [3.05, 3.63) is 71.8 Å². The van der Waals surface area contributed by atoms with E-state index in [0.717, 1.165) is 24.0 Å². The van der Waals surface area contributed by atoms with Crippen LogP contribution in [0.5, 0.6) is 0 Å². The summed E-state index contributed by atoms with van der Waals surface area (Å²) < 4.78 is 28.6. The topological polar surface area (TPSA) is 157 Å². The van der Waals surface area contributed by atoms with Gasteiger partial charge in [0.15, 0.2) is 6.29 Å². The number of fused-ring (bicyclic) bond motifs is 2. The highest BCUT2D eigenvalue weighted by molar-refractivity contribution is 5.86. The predicted octanol–water partition coefficient (Wildman–Crippen LogP) is 3.30. The molecular formula is C37H50N4O9. The van der Waals surface area contributed by atoms with Crippen LogP contribution < -0.4 is 16.1 Å². The predicted molar refractivity (Wildman–Crippen MR) is 181 cm³/mol. The Balaban J connectivity index is 1.16. The van der Waals surface area contributed by atoms with Crippen molar-refractivity contribution in [2.45, 2.75) is 95.8 Å². The fourth-order valence-electron chi connectivity index (χ4n) is 7.29. The number of alkyl carbamates (subject to hydrolysis) is 2. The molecule has 6 rings (SSSR count). The van der Waals surface area contributed by atoms with Gasteiger partial charge in [-0.05, 0) is 35.8 Å². The summed E-state index contributed by atoms with van der Waals surface area (Å²) in [5, 5.41) is 19.1. The van der Waals surface area contributed by atoms with Gasteiger partial charge in [0.05, 0.1) is 38.1 Å². The minimum atomic E-state index is -1.14. The van der Waals surface area contributed by atoms with Crippen molar-refractivity contribution in [3.63, 3.8) is 0 Å². The average molecular weight is 695 g/mol. The van der Waals surface area contributed by atoms with Gasteiger partial charge in [0.25, 0.3) is 5.91 Å². The number of nitrogens with zero attached hydrogens (tertiary/aromatic N) is 1. The van der Waals surface area contributed by atoms with Gasteiger partial charge in [-0.1, -0.05) is 81.4 Å². The monoisotopic (exact) mass is 694 g/mol. The van der Waals surface area contributed by atoms with Crippen molar-refractivity contribution in [2.75, 3.05) is 26.4 Å². The van der Waals surface area contributed by atoms with Crippen molar-refractivity contribution in [2.24, 2.45) is 17.3 Å². The molecule has 3 aliphatic heterocycles. The van der Waals surface area contributed by atoms with Gasteiger partial charge in [-0.25, -0.2) is 14.6 Å². The zero-order chi connectivity index (χ0) is 35.3. The smallest absolute Gasteiger partial charge is 0.408 e. The highest BCUT2D eigenvalue weighted by Gasteiger charge is 2.53. The SMILES string of the molecule is CC(C)(C)[C@H](NC(=O)OC1CCOC1)C(=O)NN(Cc1ccccc1)C[C@@H](O)[C@H](Cc1ccccc1)NC(=O)OC1C2COC3OC1CC3C2. The molecule has 0 radical (unpaired) electrons. The maximum Gasteiger partial charge on any atom is 0.408 e. The number of ether oxygens (including phenoxy) is 5. The van der Waals surface area contributed by atoms with E-state index in [4.69, 9.17) is 23.7 Å². The Labute approximate surface area is 293 Å². The first-order valence-electron chi connectivity index (χ1n) is 17.6. The first kappa shape index (κ1) is 36.1. The second-order valence-electron chi connectivity index (χ2n) is 14.9. The first-order valence-corrected chi connectivity index (χ1v) is 17.6. The summed E-state index contributed by atoms with van der Waals surface area (Å²) in [7, 11) is 0. The van der Waals surface area contributed by atoms with Crippen LogP contribution in [-0.4, -0.2) is 97.4 Å². The van der Waals surface area contributed by atoms with Crippen LogP contribution in [0.3, 0.4) is 0 Å². The van der Waals surface area contributed by atoms with Crippen LogP contribution in [0.4, 0.5) is 9.59 Å². The van der Waals surface area contributed by atoms with Gasteiger partial charge >= 0.3 is 12.2 Å². The Kier molecular flexibility index (Phi) is 11.6. The third kappa shape index (κ3) is 9.32. The lowest BCUT2D eigenvalue weighted by atomic mass is 9.78. The number of carbonyl (C=O) groups is 3. The Hall–Kier alpha value is -3.75. The van der Waals surface area contributed by atoms with Crippen LogP contribution in [0.1, 0.15) is 51.2 Å². The molecule has 1 saturated carbocycles. The first-order chi connectivity index (χ1) is 24.0. The van der Waals surface area contributed by atoms with E-state index < -0.39 is 47.8 Å². The second kappa shape index (κ2) is 16.1. The van der Waals surface area contributed by atoms with Crippen LogP contribution in [0.15, 0.2) is 60.7 Å². The van der Waals surface area contributed by atoms with Crippen LogP contribution in [0, 0.1) is 17.3 Å². The molecule has 4 N–H and O–H groups in total. The van der Waals surface area contributed by atoms with Crippen molar-refractivity contribution in [1.29, 1.82) is 0 Å². The number of rotatable bonds is 13. The van der Waals surface area contributed by atoms with E-state index in [2.05, 4.69) is 16.1 Å². The number of aliphatic hydroxyl groups excluding tert-OH is 1. The van der Waals surface area contributed by atoms with Crippen LogP contribution in [-0.2, 0) is 41.4 Å². The molecule has 3 heterocycles. The maximum absolute atomic E-state index is 13.9. The van der Waals surface area contributed by atoms with Crippen molar-refractivity contribution >= 4 is 18.1 Å². The number of benzene rings is 2. The van der Waals surface area contributed by atoms with E-state index in [1.165, 1.54) is 0 Å². The zero-order valence-electron chi connectivity index (χ0n) is 29.0. The van der Waals surface area contributed by atoms with E-state index in [1.54, 1.807) is 5.01 Å². The third-order valence-electron chi connectivity index (χ3n) is 9.89. The van der Waals surface area contributed by atoms with Gasteiger partial charge in [-0.2, -0.15) is 0 Å². The standard InChI is InChI=1S/C37H50N4O9/c1-37(2,3)32(39-36(45)48-27-14-15-46-22-27)33(43)40-41(19-24-12-8-5-9-13-24)20-29(42)28(16-23-10-6-4-7-11-23)38-35(44)50-31-26-17-25-18-30(31)49-34(25)47-21-26/h4-13,25-32,34,42H,14-22H2,1-3H3,(H,38,44)(H,39,45)(H,40,43)/t25?,26?,27?,28-,29+,30?,31?,32+,34?/m0/s1. The summed E-state index contributed by atoms with van der Waals surface area (Å²) in [6, 6.07) is 17.3. The largest absolute Gasteiger partial charge is 0.444 e. The normalized spacial score (nSPS) is 27.3. The highest BCUT2D eigenvalue weighted by Crippen LogP contribution is 2.46. The lowest BCUT2D eigenvalue weighted by Gasteiger charge is -2.37. The van der Waals surface area contributed by atoms with E-state index in [-0.39, 0.29) is 37.5 Å². The summed E-state index contributed by atoms with van der Waals surface area (Å²) in [6.45, 7) is 7.06. The van der Waals surface area contributed by atoms with Crippen LogP contribution in [0.25, 0.3) is 0 Å². The molecule has 3 amide bonds. The molecule has 9 atom stereocenters. The fourth-order valence-corrected chi connectivity index (χ4v) is 7.29. The molecular weight excluding hydrogens is 644 g/mol. The lowest BCUT2D eigenvalue weighted by molar-refractivity contribution is -0.153. The lowest BCUT2D eigenvalue weighted by Crippen LogP contribution is -2.59. The molecule has 2 aromatic carbocycles. The molecule has 3 bridgehead atoms. The van der Waals surface area contributed by atoms with Crippen LogP contribution in [0.2, 0.25) is 0 Å². The van der Waals surface area contributed by atoms with Gasteiger partial charge in [0.2, 0.25) is 0 Å². The minimum absolute atomic E-state index is 0.0475. The van der Waals surface area contributed by atoms with Gasteiger partial charge in [-0.3, -0.25) is 10.2 Å². The Bertz CT molecular complexity index is 1430. The molecule has 50 heavy (non-hydrogen) atoms. The Morgan fingerprint density at radius 3 is 2.30 bits per heavy atom. The van der Waals surface area contributed by atoms with Gasteiger partial charge in [0.1, 0.15) is 18.2 Å². The van der Waals surface area contributed by atoms with E-state index >= 15 is 0 Å². The van der Waals surface area contributed by atoms with E-state index in [1.807, 2.05) is 81.4 Å². The number of hydrazine groups is 1. The molecule has 272 valence electrons. The zero-order valence-corrected chi connectivity index (χ0v) is 29.0. The highest BCUT2D eigenvalue weighted by atomic mass is 16.7. The summed E-state index contributed by atoms with van der Waals surface area (Å²) in [6.07, 6.45) is -1.13. The molecule has 2 aromatic rings. The van der Waals surface area contributed by atoms with Crippen molar-refractivity contribution in [1.82, 2.24) is 21.1 Å². The quantitative estimate of drug-likeness (QED) is 0.230. The molecule has 1 aliphatic carbocycles. The minimum Gasteiger partial charge on any atom is -0.444 e. The van der Waals surface area contributed by atoms with Gasteiger partial charge < -0.3 is 39.4 Å². The van der Waals surface area contributed by atoms with Gasteiger partial charge in [0, 0.05) is 31.3 Å². The molecule has 4 fully saturated rings. The summed E-state index contributed by atoms with van der Waals surface area (Å²) in [4.78, 5) is 40.2. The molecule has 0 aromatic heterocycles. The third-order valence-corrected chi connectivity index (χ3v) is 9.89. The number of hydrogen-bond donors (Lipinski definition) is 4. The Morgan fingerprint density at radius 1 is 0.920 bits per heavy atom. The second-order valence-corrected chi connectivity index (χ2v) is 14.9. The number of aliphatic hydroxyl groups is 1. The van der Waals surface area contributed by atoms with Crippen LogP contribution >= 0.6 is 0 Å². The van der Waals surface area contributed by atoms with Crippen molar-refractivity contribution < 1.29 is 43.2 Å². The number of amides is 3.